The molecule has 0 bridgehead atoms. The first kappa shape index (κ1) is 17.1. The largest absolute Gasteiger partial charge is 0.379 e. The van der Waals surface area contributed by atoms with E-state index in [1.807, 2.05) is 0 Å². The lowest BCUT2D eigenvalue weighted by Crippen LogP contribution is -2.40. The molecule has 2 heterocycles. The van der Waals surface area contributed by atoms with Crippen LogP contribution in [0.3, 0.4) is 0 Å². The SMILES string of the molecule is O=C1CSC(=NN=Cc2ccccc2S(=O)(=O)N2CCOCC2)N1. The molecule has 0 atom stereocenters. The van der Waals surface area contributed by atoms with Crippen molar-refractivity contribution >= 4 is 39.1 Å². The first-order valence-corrected chi connectivity index (χ1v) is 9.70. The van der Waals surface area contributed by atoms with Crippen LogP contribution in [0.2, 0.25) is 0 Å². The molecule has 1 aromatic rings. The lowest BCUT2D eigenvalue weighted by Gasteiger charge is -2.26. The van der Waals surface area contributed by atoms with Crippen LogP contribution in [-0.2, 0) is 19.6 Å². The van der Waals surface area contributed by atoms with E-state index < -0.39 is 10.0 Å². The van der Waals surface area contributed by atoms with Crippen LogP contribution in [0.15, 0.2) is 39.4 Å². The van der Waals surface area contributed by atoms with Gasteiger partial charge in [-0.05, 0) is 6.07 Å². The van der Waals surface area contributed by atoms with Crippen molar-refractivity contribution in [3.05, 3.63) is 29.8 Å². The minimum Gasteiger partial charge on any atom is -0.379 e. The fourth-order valence-corrected chi connectivity index (χ4v) is 4.48. The molecule has 0 unspecified atom stereocenters. The fourth-order valence-electron chi connectivity index (χ4n) is 2.27. The summed E-state index contributed by atoms with van der Waals surface area (Å²) in [6.07, 6.45) is 1.38. The van der Waals surface area contributed by atoms with Crippen molar-refractivity contribution in [2.75, 3.05) is 32.1 Å². The molecule has 24 heavy (non-hydrogen) atoms. The number of amides is 1. The third-order valence-corrected chi connectivity index (χ3v) is 6.27. The highest BCUT2D eigenvalue weighted by molar-refractivity contribution is 8.15. The van der Waals surface area contributed by atoms with Gasteiger partial charge in [-0.15, -0.1) is 5.10 Å². The average molecular weight is 368 g/mol. The van der Waals surface area contributed by atoms with Gasteiger partial charge in [-0.25, -0.2) is 8.42 Å². The Balaban J connectivity index is 1.83. The highest BCUT2D eigenvalue weighted by Gasteiger charge is 2.27. The normalized spacial score (nSPS) is 21.5. The average Bonchev–Trinajstić information content (AvgIpc) is 3.01. The highest BCUT2D eigenvalue weighted by Crippen LogP contribution is 2.20. The summed E-state index contributed by atoms with van der Waals surface area (Å²) >= 11 is 1.25. The maximum Gasteiger partial charge on any atom is 0.243 e. The molecule has 2 fully saturated rings. The van der Waals surface area contributed by atoms with E-state index in [1.54, 1.807) is 24.3 Å². The Kier molecular flexibility index (Phi) is 5.29. The van der Waals surface area contributed by atoms with Crippen molar-refractivity contribution in [2.24, 2.45) is 10.2 Å². The molecule has 2 saturated heterocycles. The molecule has 128 valence electrons. The number of morpholine rings is 1. The molecule has 0 saturated carbocycles. The van der Waals surface area contributed by atoms with Crippen LogP contribution in [0.1, 0.15) is 5.56 Å². The van der Waals surface area contributed by atoms with Crippen molar-refractivity contribution in [2.45, 2.75) is 4.90 Å². The molecule has 1 N–H and O–H groups in total. The maximum atomic E-state index is 12.8. The van der Waals surface area contributed by atoms with E-state index in [0.29, 0.717) is 42.8 Å². The fraction of sp³-hybridized carbons (Fsp3) is 0.357. The van der Waals surface area contributed by atoms with Crippen molar-refractivity contribution < 1.29 is 17.9 Å². The lowest BCUT2D eigenvalue weighted by molar-refractivity contribution is -0.116. The summed E-state index contributed by atoms with van der Waals surface area (Å²) in [6, 6.07) is 6.62. The maximum absolute atomic E-state index is 12.8. The van der Waals surface area contributed by atoms with Gasteiger partial charge in [0, 0.05) is 18.7 Å². The van der Waals surface area contributed by atoms with Crippen molar-refractivity contribution in [1.82, 2.24) is 9.62 Å². The van der Waals surface area contributed by atoms with E-state index in [4.69, 9.17) is 4.74 Å². The second-order valence-electron chi connectivity index (χ2n) is 5.04. The third-order valence-electron chi connectivity index (χ3n) is 3.44. The lowest BCUT2D eigenvalue weighted by atomic mass is 10.2. The van der Waals surface area contributed by atoms with Crippen LogP contribution in [0, 0.1) is 0 Å². The van der Waals surface area contributed by atoms with Gasteiger partial charge < -0.3 is 10.1 Å². The molecule has 0 aliphatic carbocycles. The zero-order chi connectivity index (χ0) is 17.0. The first-order chi connectivity index (χ1) is 11.6. The topological polar surface area (TPSA) is 100 Å². The standard InChI is InChI=1S/C14H16N4O4S2/c19-13-10-23-14(16-13)17-15-9-11-3-1-2-4-12(11)24(20,21)18-5-7-22-8-6-18/h1-4,9H,5-8,10H2,(H,16,17,19). The predicted octanol–water partition coefficient (Wildman–Crippen LogP) is 0.260. The Morgan fingerprint density at radius 3 is 2.71 bits per heavy atom. The highest BCUT2D eigenvalue weighted by atomic mass is 32.2. The molecule has 0 spiro atoms. The number of carbonyl (C=O) groups excluding carboxylic acids is 1. The van der Waals surface area contributed by atoms with Crippen molar-refractivity contribution in [3.8, 4) is 0 Å². The molecule has 2 aliphatic heterocycles. The molecular weight excluding hydrogens is 352 g/mol. The van der Waals surface area contributed by atoms with Crippen LogP contribution >= 0.6 is 11.8 Å². The zero-order valence-electron chi connectivity index (χ0n) is 12.7. The van der Waals surface area contributed by atoms with Crippen LogP contribution in [0.25, 0.3) is 0 Å². The van der Waals surface area contributed by atoms with Gasteiger partial charge in [0.05, 0.1) is 30.1 Å². The number of rotatable bonds is 4. The Labute approximate surface area is 144 Å². The number of hydrogen-bond donors (Lipinski definition) is 1. The smallest absolute Gasteiger partial charge is 0.243 e. The number of sulfonamides is 1. The van der Waals surface area contributed by atoms with Crippen LogP contribution in [-0.4, -0.2) is 62.1 Å². The summed E-state index contributed by atoms with van der Waals surface area (Å²) in [4.78, 5) is 11.3. The van der Waals surface area contributed by atoms with Gasteiger partial charge in [-0.3, -0.25) is 4.79 Å². The van der Waals surface area contributed by atoms with Gasteiger partial charge in [-0.2, -0.15) is 9.41 Å². The summed E-state index contributed by atoms with van der Waals surface area (Å²) in [5, 5.41) is 10.8. The van der Waals surface area contributed by atoms with E-state index in [0.717, 1.165) is 0 Å². The Morgan fingerprint density at radius 1 is 1.25 bits per heavy atom. The molecule has 1 aromatic carbocycles. The summed E-state index contributed by atoms with van der Waals surface area (Å²) in [5.41, 5.74) is 0.447. The molecule has 8 nitrogen and oxygen atoms in total. The summed E-state index contributed by atoms with van der Waals surface area (Å²) in [5.74, 6) is 0.195. The van der Waals surface area contributed by atoms with Crippen LogP contribution in [0.5, 0.6) is 0 Å². The van der Waals surface area contributed by atoms with Crippen LogP contribution < -0.4 is 5.32 Å². The summed E-state index contributed by atoms with van der Waals surface area (Å²) in [6.45, 7) is 1.44. The van der Waals surface area contributed by atoms with Crippen molar-refractivity contribution in [3.63, 3.8) is 0 Å². The van der Waals surface area contributed by atoms with Gasteiger partial charge in [0.15, 0.2) is 5.17 Å². The molecule has 3 rings (SSSR count). The van der Waals surface area contributed by atoms with Gasteiger partial charge in [0.1, 0.15) is 0 Å². The molecule has 2 aliphatic rings. The molecule has 0 aromatic heterocycles. The molecular formula is C14H16N4O4S2. The van der Waals surface area contributed by atoms with E-state index in [1.165, 1.54) is 22.3 Å². The van der Waals surface area contributed by atoms with E-state index >= 15 is 0 Å². The van der Waals surface area contributed by atoms with Gasteiger partial charge in [-0.1, -0.05) is 30.0 Å². The first-order valence-electron chi connectivity index (χ1n) is 7.28. The van der Waals surface area contributed by atoms with Gasteiger partial charge in [0.2, 0.25) is 15.9 Å². The molecule has 1 amide bonds. The Bertz CT molecular complexity index is 786. The van der Waals surface area contributed by atoms with E-state index in [2.05, 4.69) is 15.5 Å². The number of carbonyl (C=O) groups is 1. The second kappa shape index (κ2) is 7.43. The van der Waals surface area contributed by atoms with Crippen molar-refractivity contribution in [1.29, 1.82) is 0 Å². The van der Waals surface area contributed by atoms with E-state index in [-0.39, 0.29) is 10.8 Å². The number of ether oxygens (including phenoxy) is 1. The Morgan fingerprint density at radius 2 is 2.00 bits per heavy atom. The third kappa shape index (κ3) is 3.83. The predicted molar refractivity (Wildman–Crippen MR) is 91.6 cm³/mol. The molecule has 10 heteroatoms. The summed E-state index contributed by atoms with van der Waals surface area (Å²) < 4.78 is 32.2. The zero-order valence-corrected chi connectivity index (χ0v) is 14.3. The molecule has 0 radical (unpaired) electrons. The second-order valence-corrected chi connectivity index (χ2v) is 7.91. The summed E-state index contributed by atoms with van der Waals surface area (Å²) in [7, 11) is -3.61. The van der Waals surface area contributed by atoms with Gasteiger partial charge in [0.25, 0.3) is 0 Å². The minimum absolute atomic E-state index is 0.121. The van der Waals surface area contributed by atoms with Crippen LogP contribution in [0.4, 0.5) is 0 Å². The number of benzene rings is 1. The van der Waals surface area contributed by atoms with E-state index in [9.17, 15) is 13.2 Å². The number of amidine groups is 1. The minimum atomic E-state index is -3.61. The number of nitrogens with zero attached hydrogens (tertiary/aromatic N) is 3. The monoisotopic (exact) mass is 368 g/mol. The number of thioether (sulfide) groups is 1. The van der Waals surface area contributed by atoms with Gasteiger partial charge >= 0.3 is 0 Å². The quantitative estimate of drug-likeness (QED) is 0.607. The number of hydrogen-bond acceptors (Lipinski definition) is 7. The Hall–Kier alpha value is -1.75. The number of nitrogens with one attached hydrogen (secondary N) is 1.